The third-order valence-electron chi connectivity index (χ3n) is 1.46. The van der Waals surface area contributed by atoms with Gasteiger partial charge in [0.25, 0.3) is 0 Å². The Morgan fingerprint density at radius 3 is 2.18 bits per heavy atom. The Kier molecular flexibility index (Phi) is 4.94. The van der Waals surface area contributed by atoms with E-state index in [2.05, 4.69) is 0 Å². The van der Waals surface area contributed by atoms with Crippen LogP contribution in [0.3, 0.4) is 0 Å². The Balaban J connectivity index is 3.63. The smallest absolute Gasteiger partial charge is 0.301 e. The van der Waals surface area contributed by atoms with E-state index in [1.165, 1.54) is 0 Å². The molecule has 0 aliphatic carbocycles. The Labute approximate surface area is 64.5 Å². The fourth-order valence-corrected chi connectivity index (χ4v) is 0.542. The van der Waals surface area contributed by atoms with E-state index in [0.29, 0.717) is 6.54 Å². The largest absolute Gasteiger partial charge is 0.306 e. The van der Waals surface area contributed by atoms with Crippen LogP contribution in [0.4, 0.5) is 13.2 Å². The van der Waals surface area contributed by atoms with Crippen LogP contribution in [0.15, 0.2) is 11.9 Å². The van der Waals surface area contributed by atoms with Crippen molar-refractivity contribution in [3.05, 3.63) is 11.9 Å². The van der Waals surface area contributed by atoms with Crippen LogP contribution in [0.5, 0.6) is 0 Å². The van der Waals surface area contributed by atoms with Gasteiger partial charge in [-0.15, -0.1) is 0 Å². The molecule has 0 spiro atoms. The second-order valence-electron chi connectivity index (χ2n) is 2.31. The van der Waals surface area contributed by atoms with Crippen molar-refractivity contribution in [1.82, 2.24) is 4.90 Å². The van der Waals surface area contributed by atoms with E-state index in [1.54, 1.807) is 11.9 Å². The molecule has 0 aliphatic rings. The summed E-state index contributed by atoms with van der Waals surface area (Å²) in [7, 11) is 1.75. The maximum absolute atomic E-state index is 12.1. The van der Waals surface area contributed by atoms with Gasteiger partial charge in [-0.2, -0.15) is 8.78 Å². The highest BCUT2D eigenvalue weighted by Gasteiger charge is 2.05. The first-order valence-electron chi connectivity index (χ1n) is 3.46. The van der Waals surface area contributed by atoms with Gasteiger partial charge in [0.15, 0.2) is 5.83 Å². The fraction of sp³-hybridized carbons (Fsp3) is 0.714. The lowest BCUT2D eigenvalue weighted by Gasteiger charge is -2.11. The molecule has 0 saturated carbocycles. The summed E-state index contributed by atoms with van der Waals surface area (Å²) in [6.07, 6.45) is -2.40. The molecule has 11 heavy (non-hydrogen) atoms. The topological polar surface area (TPSA) is 3.24 Å². The average Bonchev–Trinajstić information content (AvgIpc) is 1.99. The molecular weight excluding hydrogens is 155 g/mol. The minimum absolute atomic E-state index is 0.202. The van der Waals surface area contributed by atoms with Gasteiger partial charge in [0.1, 0.15) is 0 Å². The molecule has 0 rings (SSSR count). The number of hydrogen-bond donors (Lipinski definition) is 0. The van der Waals surface area contributed by atoms with Crippen LogP contribution in [-0.2, 0) is 0 Å². The molecule has 1 nitrogen and oxygen atoms in total. The highest BCUT2D eigenvalue weighted by Crippen LogP contribution is 2.12. The van der Waals surface area contributed by atoms with Gasteiger partial charge in [0.05, 0.1) is 0 Å². The molecule has 0 aromatic carbocycles. The first-order chi connectivity index (χ1) is 5.07. The predicted molar refractivity (Wildman–Crippen MR) is 38.1 cm³/mol. The van der Waals surface area contributed by atoms with Crippen molar-refractivity contribution < 1.29 is 13.2 Å². The molecule has 66 valence electrons. The van der Waals surface area contributed by atoms with Gasteiger partial charge < -0.3 is 4.90 Å². The van der Waals surface area contributed by atoms with Crippen LogP contribution < -0.4 is 0 Å². The summed E-state index contributed by atoms with van der Waals surface area (Å²) in [6, 6.07) is 0. The molecule has 0 amide bonds. The van der Waals surface area contributed by atoms with E-state index < -0.39 is 11.9 Å². The summed E-state index contributed by atoms with van der Waals surface area (Å²) < 4.78 is 35.1. The molecule has 0 N–H and O–H groups in total. The van der Waals surface area contributed by atoms with Crippen LogP contribution in [0.25, 0.3) is 0 Å². The van der Waals surface area contributed by atoms with Crippen molar-refractivity contribution in [3.63, 3.8) is 0 Å². The highest BCUT2D eigenvalue weighted by atomic mass is 19.3. The van der Waals surface area contributed by atoms with Crippen LogP contribution >= 0.6 is 0 Å². The van der Waals surface area contributed by atoms with E-state index in [-0.39, 0.29) is 6.42 Å². The zero-order valence-corrected chi connectivity index (χ0v) is 6.70. The third-order valence-corrected chi connectivity index (χ3v) is 1.46. The SMILES string of the molecule is CCN(C)CCC(F)=C(F)F. The minimum atomic E-state index is -2.20. The zero-order chi connectivity index (χ0) is 8.85. The molecule has 0 fully saturated rings. The van der Waals surface area contributed by atoms with Crippen LogP contribution in [-0.4, -0.2) is 25.0 Å². The summed E-state index contributed by atoms with van der Waals surface area (Å²) in [6.45, 7) is 2.95. The molecular formula is C7H12F3N. The van der Waals surface area contributed by atoms with Crippen molar-refractivity contribution in [2.75, 3.05) is 20.1 Å². The Hall–Kier alpha value is -0.510. The monoisotopic (exact) mass is 167 g/mol. The van der Waals surface area contributed by atoms with E-state index in [9.17, 15) is 13.2 Å². The maximum Gasteiger partial charge on any atom is 0.301 e. The van der Waals surface area contributed by atoms with Crippen molar-refractivity contribution in [3.8, 4) is 0 Å². The molecule has 0 aromatic heterocycles. The van der Waals surface area contributed by atoms with Gasteiger partial charge >= 0.3 is 6.08 Å². The van der Waals surface area contributed by atoms with E-state index in [0.717, 1.165) is 6.54 Å². The molecule has 0 heterocycles. The Bertz CT molecular complexity index is 141. The second kappa shape index (κ2) is 5.18. The highest BCUT2D eigenvalue weighted by molar-refractivity contribution is 4.91. The van der Waals surface area contributed by atoms with Gasteiger partial charge in [-0.1, -0.05) is 6.92 Å². The predicted octanol–water partition coefficient (Wildman–Crippen LogP) is 2.41. The number of nitrogens with zero attached hydrogens (tertiary/aromatic N) is 1. The molecule has 0 unspecified atom stereocenters. The van der Waals surface area contributed by atoms with Gasteiger partial charge in [0.2, 0.25) is 0 Å². The normalized spacial score (nSPS) is 10.4. The standard InChI is InChI=1S/C7H12F3N/c1-3-11(2)5-4-6(8)7(9)10/h3-5H2,1-2H3. The maximum atomic E-state index is 12.1. The molecule has 0 saturated heterocycles. The summed E-state index contributed by atoms with van der Waals surface area (Å²) >= 11 is 0. The van der Waals surface area contributed by atoms with Gasteiger partial charge in [0, 0.05) is 13.0 Å². The average molecular weight is 167 g/mol. The van der Waals surface area contributed by atoms with Crippen molar-refractivity contribution in [2.45, 2.75) is 13.3 Å². The summed E-state index contributed by atoms with van der Waals surface area (Å²) in [4.78, 5) is 1.77. The van der Waals surface area contributed by atoms with Crippen LogP contribution in [0.2, 0.25) is 0 Å². The minimum Gasteiger partial charge on any atom is -0.306 e. The first kappa shape index (κ1) is 10.5. The summed E-state index contributed by atoms with van der Waals surface area (Å²) in [5.41, 5.74) is 0. The van der Waals surface area contributed by atoms with Crippen molar-refractivity contribution in [1.29, 1.82) is 0 Å². The van der Waals surface area contributed by atoms with E-state index >= 15 is 0 Å². The first-order valence-corrected chi connectivity index (χ1v) is 3.46. The molecule has 0 bridgehead atoms. The van der Waals surface area contributed by atoms with E-state index in [4.69, 9.17) is 0 Å². The van der Waals surface area contributed by atoms with Crippen LogP contribution in [0, 0.1) is 0 Å². The zero-order valence-electron chi connectivity index (χ0n) is 6.70. The fourth-order valence-electron chi connectivity index (χ4n) is 0.542. The third kappa shape index (κ3) is 4.84. The van der Waals surface area contributed by atoms with Crippen LogP contribution in [0.1, 0.15) is 13.3 Å². The Morgan fingerprint density at radius 2 is 1.82 bits per heavy atom. The van der Waals surface area contributed by atoms with E-state index in [1.807, 2.05) is 6.92 Å². The number of hydrogen-bond acceptors (Lipinski definition) is 1. The summed E-state index contributed by atoms with van der Waals surface area (Å²) in [5.74, 6) is -1.30. The quantitative estimate of drug-likeness (QED) is 0.621. The lowest BCUT2D eigenvalue weighted by molar-refractivity contribution is 0.322. The number of rotatable bonds is 4. The molecule has 0 aliphatic heterocycles. The lowest BCUT2D eigenvalue weighted by atomic mass is 10.3. The van der Waals surface area contributed by atoms with Crippen molar-refractivity contribution in [2.24, 2.45) is 0 Å². The Morgan fingerprint density at radius 1 is 1.27 bits per heavy atom. The molecule has 0 atom stereocenters. The number of halogens is 3. The second-order valence-corrected chi connectivity index (χ2v) is 2.31. The summed E-state index contributed by atoms with van der Waals surface area (Å²) in [5, 5.41) is 0. The van der Waals surface area contributed by atoms with Gasteiger partial charge in [-0.3, -0.25) is 0 Å². The molecule has 0 radical (unpaired) electrons. The lowest BCUT2D eigenvalue weighted by Crippen LogP contribution is -2.18. The molecule has 4 heteroatoms. The van der Waals surface area contributed by atoms with Gasteiger partial charge in [-0.05, 0) is 13.6 Å². The van der Waals surface area contributed by atoms with Gasteiger partial charge in [-0.25, -0.2) is 4.39 Å². The van der Waals surface area contributed by atoms with Crippen molar-refractivity contribution >= 4 is 0 Å². The molecule has 0 aromatic rings.